The highest BCUT2D eigenvalue weighted by atomic mass is 19.4. The fourth-order valence-electron chi connectivity index (χ4n) is 5.08. The standard InChI is InChI=1S/C24H34F3N7O4/c1-22(2,3)17(32-21(38)24(25,26)27)20(37)34-10-11-14(23(11,4)5)16(34)19(36)31-15(18(28)35)12-8-29-9-13(30-12)33(6)7/h8-9,11,14-17H,10H2,1-7H3,(H2,28,35)(H,31,36)(H,32,38)/t11-,14-,15?,16-,17?/m0/s1. The van der Waals surface area contributed by atoms with Gasteiger partial charge < -0.3 is 26.2 Å². The summed E-state index contributed by atoms with van der Waals surface area (Å²) in [5.74, 6) is -4.66. The Balaban J connectivity index is 1.92. The molecule has 4 N–H and O–H groups in total. The quantitative estimate of drug-likeness (QED) is 0.461. The third kappa shape index (κ3) is 5.53. The van der Waals surface area contributed by atoms with Crippen LogP contribution in [-0.4, -0.2) is 77.4 Å². The largest absolute Gasteiger partial charge is 0.471 e. The number of nitrogens with one attached hydrogen (secondary N) is 2. The molecule has 1 aliphatic carbocycles. The lowest BCUT2D eigenvalue weighted by Gasteiger charge is -2.38. The highest BCUT2D eigenvalue weighted by molar-refractivity contribution is 5.96. The number of nitrogens with zero attached hydrogens (tertiary/aromatic N) is 4. The summed E-state index contributed by atoms with van der Waals surface area (Å²) in [6.45, 7) is 8.51. The molecule has 38 heavy (non-hydrogen) atoms. The number of carbonyl (C=O) groups is 4. The Kier molecular flexibility index (Phi) is 7.43. The van der Waals surface area contributed by atoms with E-state index in [1.54, 1.807) is 24.3 Å². The highest BCUT2D eigenvalue weighted by Crippen LogP contribution is 2.65. The molecular weight excluding hydrogens is 507 g/mol. The van der Waals surface area contributed by atoms with Crippen LogP contribution in [-0.2, 0) is 19.2 Å². The van der Waals surface area contributed by atoms with Crippen LogP contribution in [0.25, 0.3) is 0 Å². The molecule has 11 nitrogen and oxygen atoms in total. The van der Waals surface area contributed by atoms with Gasteiger partial charge in [-0.15, -0.1) is 0 Å². The van der Waals surface area contributed by atoms with Gasteiger partial charge in [-0.25, -0.2) is 4.98 Å². The van der Waals surface area contributed by atoms with Crippen molar-refractivity contribution in [2.75, 3.05) is 25.5 Å². The van der Waals surface area contributed by atoms with Gasteiger partial charge in [0.05, 0.1) is 18.1 Å². The maximum absolute atomic E-state index is 13.6. The number of nitrogens with two attached hydrogens (primary N) is 1. The fourth-order valence-corrected chi connectivity index (χ4v) is 5.08. The SMILES string of the molecule is CN(C)c1cncc(C(NC(=O)[C@@H]2[C@@H]3[C@H](CN2C(=O)C(NC(=O)C(F)(F)F)C(C)(C)C)C3(C)C)C(N)=O)n1. The van der Waals surface area contributed by atoms with Crippen molar-refractivity contribution in [3.8, 4) is 0 Å². The maximum Gasteiger partial charge on any atom is 0.471 e. The number of fused-ring (bicyclic) bond motifs is 1. The summed E-state index contributed by atoms with van der Waals surface area (Å²) in [4.78, 5) is 62.5. The molecule has 1 saturated heterocycles. The first-order valence-electron chi connectivity index (χ1n) is 12.1. The zero-order chi connectivity index (χ0) is 29.0. The summed E-state index contributed by atoms with van der Waals surface area (Å²) in [6, 6.07) is -4.01. The molecule has 2 aliphatic rings. The average molecular weight is 542 g/mol. The maximum atomic E-state index is 13.6. The summed E-state index contributed by atoms with van der Waals surface area (Å²) in [5.41, 5.74) is 4.23. The molecule has 2 heterocycles. The molecule has 210 valence electrons. The molecule has 5 atom stereocenters. The molecule has 2 unspecified atom stereocenters. The van der Waals surface area contributed by atoms with Crippen LogP contribution in [0, 0.1) is 22.7 Å². The number of alkyl halides is 3. The molecule has 1 aromatic rings. The molecule has 3 rings (SSSR count). The van der Waals surface area contributed by atoms with Gasteiger partial charge in [-0.2, -0.15) is 13.2 Å². The molecule has 0 spiro atoms. The van der Waals surface area contributed by atoms with Crippen LogP contribution in [0.1, 0.15) is 46.4 Å². The van der Waals surface area contributed by atoms with E-state index in [4.69, 9.17) is 5.73 Å². The topological polar surface area (TPSA) is 151 Å². The summed E-state index contributed by atoms with van der Waals surface area (Å²) in [7, 11) is 3.43. The number of halogens is 3. The molecule has 0 bridgehead atoms. The normalized spacial score (nSPS) is 23.6. The first kappa shape index (κ1) is 29.1. The van der Waals surface area contributed by atoms with Gasteiger partial charge in [-0.05, 0) is 22.7 Å². The van der Waals surface area contributed by atoms with Crippen LogP contribution in [0.4, 0.5) is 19.0 Å². The predicted octanol–water partition coefficient (Wildman–Crippen LogP) is 0.761. The second kappa shape index (κ2) is 9.70. The van der Waals surface area contributed by atoms with E-state index in [1.165, 1.54) is 38.1 Å². The summed E-state index contributed by atoms with van der Waals surface area (Å²) >= 11 is 0. The van der Waals surface area contributed by atoms with E-state index in [-0.39, 0.29) is 29.5 Å². The monoisotopic (exact) mass is 541 g/mol. The molecule has 0 aromatic carbocycles. The Morgan fingerprint density at radius 1 is 1.13 bits per heavy atom. The molecule has 1 aromatic heterocycles. The number of aromatic nitrogens is 2. The van der Waals surface area contributed by atoms with Crippen molar-refractivity contribution in [2.45, 2.75) is 58.9 Å². The van der Waals surface area contributed by atoms with E-state index in [2.05, 4.69) is 15.3 Å². The van der Waals surface area contributed by atoms with Crippen LogP contribution in [0.15, 0.2) is 12.4 Å². The van der Waals surface area contributed by atoms with Crippen LogP contribution < -0.4 is 21.3 Å². The number of rotatable bonds is 7. The lowest BCUT2D eigenvalue weighted by atomic mass is 9.85. The second-order valence-electron chi connectivity index (χ2n) is 11.7. The molecule has 0 radical (unpaired) electrons. The molecule has 1 saturated carbocycles. The lowest BCUT2D eigenvalue weighted by molar-refractivity contribution is -0.176. The number of hydrogen-bond acceptors (Lipinski definition) is 7. The smallest absolute Gasteiger partial charge is 0.368 e. The molecule has 14 heteroatoms. The van der Waals surface area contributed by atoms with Gasteiger partial charge in [0.15, 0.2) is 6.04 Å². The third-order valence-corrected chi connectivity index (χ3v) is 7.37. The number of hydrogen-bond donors (Lipinski definition) is 3. The van der Waals surface area contributed by atoms with E-state index < -0.39 is 53.3 Å². The lowest BCUT2D eigenvalue weighted by Crippen LogP contribution is -2.61. The van der Waals surface area contributed by atoms with Crippen molar-refractivity contribution >= 4 is 29.4 Å². The first-order valence-corrected chi connectivity index (χ1v) is 12.1. The van der Waals surface area contributed by atoms with Crippen LogP contribution in [0.2, 0.25) is 0 Å². The zero-order valence-corrected chi connectivity index (χ0v) is 22.4. The van der Waals surface area contributed by atoms with Crippen molar-refractivity contribution in [3.63, 3.8) is 0 Å². The fraction of sp³-hybridized carbons (Fsp3) is 0.667. The Morgan fingerprint density at radius 3 is 2.24 bits per heavy atom. The Bertz CT molecular complexity index is 1130. The predicted molar refractivity (Wildman–Crippen MR) is 130 cm³/mol. The van der Waals surface area contributed by atoms with E-state index >= 15 is 0 Å². The number of amides is 4. The van der Waals surface area contributed by atoms with Gasteiger partial charge in [-0.3, -0.25) is 24.2 Å². The summed E-state index contributed by atoms with van der Waals surface area (Å²) in [5, 5.41) is 4.37. The van der Waals surface area contributed by atoms with Gasteiger partial charge in [0.25, 0.3) is 0 Å². The second-order valence-corrected chi connectivity index (χ2v) is 11.7. The zero-order valence-electron chi connectivity index (χ0n) is 22.4. The number of piperidine rings is 1. The Hall–Kier alpha value is -3.45. The van der Waals surface area contributed by atoms with Crippen LogP contribution in [0.5, 0.6) is 0 Å². The van der Waals surface area contributed by atoms with E-state index in [0.29, 0.717) is 5.82 Å². The van der Waals surface area contributed by atoms with Crippen molar-refractivity contribution < 1.29 is 32.3 Å². The number of anilines is 1. The van der Waals surface area contributed by atoms with Gasteiger partial charge in [0.1, 0.15) is 17.9 Å². The number of likely N-dealkylation sites (tertiary alicyclic amines) is 1. The number of carbonyl (C=O) groups excluding carboxylic acids is 4. The van der Waals surface area contributed by atoms with Gasteiger partial charge in [0.2, 0.25) is 17.7 Å². The summed E-state index contributed by atoms with van der Waals surface area (Å²) < 4.78 is 39.0. The molecule has 4 amide bonds. The Morgan fingerprint density at radius 2 is 1.74 bits per heavy atom. The van der Waals surface area contributed by atoms with Crippen molar-refractivity contribution in [2.24, 2.45) is 28.4 Å². The van der Waals surface area contributed by atoms with Gasteiger partial charge >= 0.3 is 12.1 Å². The van der Waals surface area contributed by atoms with Crippen molar-refractivity contribution in [1.29, 1.82) is 0 Å². The van der Waals surface area contributed by atoms with Crippen LogP contribution in [0.3, 0.4) is 0 Å². The minimum Gasteiger partial charge on any atom is -0.368 e. The third-order valence-electron chi connectivity index (χ3n) is 7.37. The molecule has 2 fully saturated rings. The summed E-state index contributed by atoms with van der Waals surface area (Å²) in [6.07, 6.45) is -2.45. The highest BCUT2D eigenvalue weighted by Gasteiger charge is 2.70. The van der Waals surface area contributed by atoms with E-state index in [0.717, 1.165) is 0 Å². The number of primary amides is 1. The van der Waals surface area contributed by atoms with E-state index in [9.17, 15) is 32.3 Å². The van der Waals surface area contributed by atoms with Gasteiger partial charge in [-0.1, -0.05) is 34.6 Å². The first-order chi connectivity index (χ1) is 17.3. The molecular formula is C24H34F3N7O4. The average Bonchev–Trinajstić information content (AvgIpc) is 3.12. The van der Waals surface area contributed by atoms with E-state index in [1.807, 2.05) is 13.8 Å². The van der Waals surface area contributed by atoms with Crippen molar-refractivity contribution in [1.82, 2.24) is 25.5 Å². The van der Waals surface area contributed by atoms with Crippen molar-refractivity contribution in [3.05, 3.63) is 18.1 Å². The molecule has 1 aliphatic heterocycles. The minimum absolute atomic E-state index is 0.0875. The van der Waals surface area contributed by atoms with Gasteiger partial charge in [0, 0.05) is 20.6 Å². The van der Waals surface area contributed by atoms with Crippen LogP contribution >= 0.6 is 0 Å². The minimum atomic E-state index is -5.19. The Labute approximate surface area is 218 Å².